The first kappa shape index (κ1) is 17.8. The molecule has 1 N–H and O–H groups in total. The molecule has 5 nitrogen and oxygen atoms in total. The number of benzene rings is 1. The van der Waals surface area contributed by atoms with Gasteiger partial charge in [0, 0.05) is 19.6 Å². The zero-order chi connectivity index (χ0) is 16.8. The fourth-order valence-electron chi connectivity index (χ4n) is 2.81. The van der Waals surface area contributed by atoms with Gasteiger partial charge in [-0.15, -0.1) is 0 Å². The molecule has 0 unspecified atom stereocenters. The Balaban J connectivity index is 1.83. The van der Waals surface area contributed by atoms with Crippen LogP contribution in [0.25, 0.3) is 0 Å². The molecule has 23 heavy (non-hydrogen) atoms. The average Bonchev–Trinajstić information content (AvgIpc) is 2.53. The highest BCUT2D eigenvalue weighted by Crippen LogP contribution is 2.27. The van der Waals surface area contributed by atoms with E-state index in [9.17, 15) is 0 Å². The van der Waals surface area contributed by atoms with E-state index >= 15 is 0 Å². The van der Waals surface area contributed by atoms with E-state index in [4.69, 9.17) is 26.4 Å². The maximum absolute atomic E-state index is 5.73. The van der Waals surface area contributed by atoms with Gasteiger partial charge in [0.25, 0.3) is 0 Å². The highest BCUT2D eigenvalue weighted by atomic mass is 32.1. The van der Waals surface area contributed by atoms with Gasteiger partial charge in [-0.05, 0) is 50.2 Å². The topological polar surface area (TPSA) is 43.0 Å². The average molecular weight is 338 g/mol. The number of ether oxygens (including phenoxy) is 3. The summed E-state index contributed by atoms with van der Waals surface area (Å²) in [5.74, 6) is 1.50. The molecule has 0 bridgehead atoms. The molecule has 0 amide bonds. The predicted molar refractivity (Wildman–Crippen MR) is 95.4 cm³/mol. The third-order valence-corrected chi connectivity index (χ3v) is 4.25. The molecule has 0 spiro atoms. The van der Waals surface area contributed by atoms with Crippen molar-refractivity contribution >= 4 is 17.3 Å². The smallest absolute Gasteiger partial charge is 0.169 e. The number of thiocarbonyl (C=S) groups is 1. The molecule has 6 heteroatoms. The Labute approximate surface area is 143 Å². The van der Waals surface area contributed by atoms with Crippen molar-refractivity contribution < 1.29 is 14.2 Å². The third-order valence-electron chi connectivity index (χ3n) is 3.84. The molecule has 2 atom stereocenters. The summed E-state index contributed by atoms with van der Waals surface area (Å²) < 4.78 is 16.3. The number of hydrogen-bond acceptors (Lipinski definition) is 4. The molecule has 1 aliphatic rings. The number of nitrogens with one attached hydrogen (secondary N) is 1. The molecule has 0 aromatic heterocycles. The molecule has 2 rings (SSSR count). The van der Waals surface area contributed by atoms with Gasteiger partial charge < -0.3 is 24.4 Å². The van der Waals surface area contributed by atoms with E-state index in [-0.39, 0.29) is 12.2 Å². The van der Waals surface area contributed by atoms with Crippen molar-refractivity contribution in [2.45, 2.75) is 32.5 Å². The zero-order valence-electron chi connectivity index (χ0n) is 14.3. The number of hydrogen-bond donors (Lipinski definition) is 1. The largest absolute Gasteiger partial charge is 0.493 e. The van der Waals surface area contributed by atoms with Gasteiger partial charge in [0.15, 0.2) is 16.6 Å². The second-order valence-electron chi connectivity index (χ2n) is 5.83. The van der Waals surface area contributed by atoms with Crippen molar-refractivity contribution in [3.63, 3.8) is 0 Å². The van der Waals surface area contributed by atoms with E-state index in [1.807, 2.05) is 18.2 Å². The summed E-state index contributed by atoms with van der Waals surface area (Å²) in [6, 6.07) is 5.98. The summed E-state index contributed by atoms with van der Waals surface area (Å²) in [6.45, 7) is 6.62. The van der Waals surface area contributed by atoms with Crippen molar-refractivity contribution in [1.82, 2.24) is 10.2 Å². The fourth-order valence-corrected chi connectivity index (χ4v) is 3.06. The molecular weight excluding hydrogens is 312 g/mol. The number of methoxy groups -OCH3 is 2. The van der Waals surface area contributed by atoms with E-state index in [1.165, 1.54) is 5.56 Å². The first-order chi connectivity index (χ1) is 11.0. The molecular formula is C17H26N2O3S. The monoisotopic (exact) mass is 338 g/mol. The van der Waals surface area contributed by atoms with E-state index < -0.39 is 0 Å². The number of rotatable bonds is 5. The van der Waals surface area contributed by atoms with Crippen molar-refractivity contribution in [3.8, 4) is 11.5 Å². The summed E-state index contributed by atoms with van der Waals surface area (Å²) in [5, 5.41) is 4.14. The normalized spacial score (nSPS) is 21.0. The molecule has 1 aromatic carbocycles. The first-order valence-corrected chi connectivity index (χ1v) is 8.33. The van der Waals surface area contributed by atoms with Crippen LogP contribution < -0.4 is 14.8 Å². The maximum Gasteiger partial charge on any atom is 0.169 e. The van der Waals surface area contributed by atoms with Crippen molar-refractivity contribution in [2.24, 2.45) is 0 Å². The van der Waals surface area contributed by atoms with Gasteiger partial charge in [0.1, 0.15) is 0 Å². The van der Waals surface area contributed by atoms with Gasteiger partial charge in [-0.25, -0.2) is 0 Å². The second-order valence-corrected chi connectivity index (χ2v) is 6.22. The maximum atomic E-state index is 5.73. The minimum absolute atomic E-state index is 0.212. The summed E-state index contributed by atoms with van der Waals surface area (Å²) in [5.41, 5.74) is 1.18. The van der Waals surface area contributed by atoms with Crippen LogP contribution in [0.5, 0.6) is 11.5 Å². The van der Waals surface area contributed by atoms with E-state index in [0.29, 0.717) is 0 Å². The lowest BCUT2D eigenvalue weighted by molar-refractivity contribution is -0.0481. The Bertz CT molecular complexity index is 529. The van der Waals surface area contributed by atoms with Crippen LogP contribution in [0.1, 0.15) is 19.4 Å². The van der Waals surface area contributed by atoms with Crippen LogP contribution in [-0.2, 0) is 11.2 Å². The van der Waals surface area contributed by atoms with Crippen molar-refractivity contribution in [1.29, 1.82) is 0 Å². The van der Waals surface area contributed by atoms with Crippen molar-refractivity contribution in [3.05, 3.63) is 23.8 Å². The van der Waals surface area contributed by atoms with Crippen LogP contribution in [0.2, 0.25) is 0 Å². The van der Waals surface area contributed by atoms with E-state index in [2.05, 4.69) is 24.1 Å². The van der Waals surface area contributed by atoms with Crippen LogP contribution in [-0.4, -0.2) is 56.1 Å². The molecule has 1 aliphatic heterocycles. The van der Waals surface area contributed by atoms with Gasteiger partial charge in [-0.3, -0.25) is 0 Å². The summed E-state index contributed by atoms with van der Waals surface area (Å²) in [4.78, 5) is 2.18. The summed E-state index contributed by atoms with van der Waals surface area (Å²) >= 11 is 5.50. The molecule has 1 aromatic rings. The van der Waals surface area contributed by atoms with Crippen molar-refractivity contribution in [2.75, 3.05) is 33.9 Å². The molecule has 0 aliphatic carbocycles. The van der Waals surface area contributed by atoms with Gasteiger partial charge >= 0.3 is 0 Å². The first-order valence-electron chi connectivity index (χ1n) is 7.92. The van der Waals surface area contributed by atoms with Gasteiger partial charge in [-0.2, -0.15) is 0 Å². The lowest BCUT2D eigenvalue weighted by Crippen LogP contribution is -2.51. The Kier molecular flexibility index (Phi) is 6.47. The van der Waals surface area contributed by atoms with Gasteiger partial charge in [0.2, 0.25) is 0 Å². The zero-order valence-corrected chi connectivity index (χ0v) is 15.1. The minimum Gasteiger partial charge on any atom is -0.493 e. The SMILES string of the molecule is COc1ccc(CCNC(=S)N2C[C@H](C)O[C@@H](C)C2)cc1OC. The molecule has 0 radical (unpaired) electrons. The Hall–Kier alpha value is -1.53. The van der Waals surface area contributed by atoms with Crippen LogP contribution in [0.15, 0.2) is 18.2 Å². The van der Waals surface area contributed by atoms with Crippen LogP contribution in [0.3, 0.4) is 0 Å². The summed E-state index contributed by atoms with van der Waals surface area (Å²) in [7, 11) is 3.29. The van der Waals surface area contributed by atoms with Crippen LogP contribution in [0, 0.1) is 0 Å². The standard InChI is InChI=1S/C17H26N2O3S/c1-12-10-19(11-13(2)22-12)17(23)18-8-7-14-5-6-15(20-3)16(9-14)21-4/h5-6,9,12-13H,7-8,10-11H2,1-4H3,(H,18,23)/t12-,13-/m0/s1. The molecule has 1 saturated heterocycles. The lowest BCUT2D eigenvalue weighted by atomic mass is 10.1. The highest BCUT2D eigenvalue weighted by molar-refractivity contribution is 7.80. The Morgan fingerprint density at radius 2 is 1.87 bits per heavy atom. The van der Waals surface area contributed by atoms with Gasteiger partial charge in [-0.1, -0.05) is 6.07 Å². The quantitative estimate of drug-likeness (QED) is 0.831. The molecule has 0 saturated carbocycles. The van der Waals surface area contributed by atoms with Gasteiger partial charge in [0.05, 0.1) is 26.4 Å². The Morgan fingerprint density at radius 1 is 1.22 bits per heavy atom. The Morgan fingerprint density at radius 3 is 2.48 bits per heavy atom. The van der Waals surface area contributed by atoms with E-state index in [0.717, 1.165) is 42.7 Å². The summed E-state index contributed by atoms with van der Waals surface area (Å²) in [6.07, 6.45) is 1.30. The van der Waals surface area contributed by atoms with Crippen LogP contribution in [0.4, 0.5) is 0 Å². The predicted octanol–water partition coefficient (Wildman–Crippen LogP) is 2.23. The second kappa shape index (κ2) is 8.36. The lowest BCUT2D eigenvalue weighted by Gasteiger charge is -2.37. The molecule has 1 heterocycles. The molecule has 1 fully saturated rings. The number of nitrogens with zero attached hydrogens (tertiary/aromatic N) is 1. The fraction of sp³-hybridized carbons (Fsp3) is 0.588. The molecule has 128 valence electrons. The highest BCUT2D eigenvalue weighted by Gasteiger charge is 2.23. The van der Waals surface area contributed by atoms with E-state index in [1.54, 1.807) is 14.2 Å². The third kappa shape index (κ3) is 4.97. The van der Waals surface area contributed by atoms with Crippen LogP contribution >= 0.6 is 12.2 Å². The minimum atomic E-state index is 0.212. The number of morpholine rings is 1.